The first kappa shape index (κ1) is 30.7. The third-order valence-corrected chi connectivity index (χ3v) is 11.5. The van der Waals surface area contributed by atoms with E-state index < -0.39 is 0 Å². The number of furan rings is 1. The lowest BCUT2D eigenvalue weighted by Gasteiger charge is -2.26. The predicted octanol–water partition coefficient (Wildman–Crippen LogP) is 14.6. The Balaban J connectivity index is 1.01. The number of hydrogen-bond acceptors (Lipinski definition) is 5. The molecule has 0 amide bonds. The lowest BCUT2D eigenvalue weighted by atomic mass is 10.0. The van der Waals surface area contributed by atoms with Crippen molar-refractivity contribution >= 4 is 81.6 Å². The van der Waals surface area contributed by atoms with E-state index in [1.54, 1.807) is 0 Å². The molecule has 5 heteroatoms. The van der Waals surface area contributed by atoms with Crippen LogP contribution >= 0.6 is 11.3 Å². The summed E-state index contributed by atoms with van der Waals surface area (Å²) in [6, 6.07) is 63.7. The average Bonchev–Trinajstić information content (AvgIpc) is 3.96. The highest BCUT2D eigenvalue weighted by Gasteiger charge is 2.20. The van der Waals surface area contributed by atoms with Gasteiger partial charge in [0.15, 0.2) is 5.58 Å². The Morgan fingerprint density at radius 3 is 1.81 bits per heavy atom. The third kappa shape index (κ3) is 4.94. The van der Waals surface area contributed by atoms with E-state index >= 15 is 0 Å². The molecule has 0 aliphatic heterocycles. The molecule has 0 aliphatic carbocycles. The fourth-order valence-corrected chi connectivity index (χ4v) is 9.02. The summed E-state index contributed by atoms with van der Waals surface area (Å²) < 4.78 is 15.3. The van der Waals surface area contributed by atoms with Crippen LogP contribution in [0.3, 0.4) is 0 Å². The van der Waals surface area contributed by atoms with Crippen molar-refractivity contribution < 1.29 is 8.83 Å². The van der Waals surface area contributed by atoms with Crippen molar-refractivity contribution in [2.75, 3.05) is 4.90 Å². The Bertz CT molecular complexity index is 3140. The molecule has 11 rings (SSSR count). The molecule has 3 heterocycles. The van der Waals surface area contributed by atoms with Gasteiger partial charge in [-0.3, -0.25) is 0 Å². The van der Waals surface area contributed by atoms with E-state index in [1.807, 2.05) is 53.8 Å². The van der Waals surface area contributed by atoms with Crippen molar-refractivity contribution in [3.05, 3.63) is 182 Å². The number of oxazole rings is 1. The summed E-state index contributed by atoms with van der Waals surface area (Å²) in [5.41, 5.74) is 12.1. The summed E-state index contributed by atoms with van der Waals surface area (Å²) in [5.74, 6) is 0.633. The Hall–Kier alpha value is -6.95. The number of aromatic nitrogens is 1. The molecular weight excluding hydrogens is 681 g/mol. The van der Waals surface area contributed by atoms with Crippen LogP contribution in [0, 0.1) is 0 Å². The number of fused-ring (bicyclic) bond motifs is 8. The molecule has 0 bridgehead atoms. The van der Waals surface area contributed by atoms with Crippen LogP contribution in [0.1, 0.15) is 0 Å². The van der Waals surface area contributed by atoms with Crippen molar-refractivity contribution in [3.63, 3.8) is 0 Å². The zero-order valence-corrected chi connectivity index (χ0v) is 29.8. The highest BCUT2D eigenvalue weighted by atomic mass is 32.1. The summed E-state index contributed by atoms with van der Waals surface area (Å²) in [6.45, 7) is 0. The van der Waals surface area contributed by atoms with Gasteiger partial charge < -0.3 is 13.7 Å². The van der Waals surface area contributed by atoms with Gasteiger partial charge in [-0.25, -0.2) is 4.98 Å². The van der Waals surface area contributed by atoms with Crippen molar-refractivity contribution in [2.24, 2.45) is 0 Å². The fraction of sp³-hybridized carbons (Fsp3) is 0. The van der Waals surface area contributed by atoms with Gasteiger partial charge in [-0.1, -0.05) is 115 Å². The average molecular weight is 711 g/mol. The molecule has 0 spiro atoms. The molecule has 3 aromatic heterocycles. The molecule has 0 atom stereocenters. The first-order valence-electron chi connectivity index (χ1n) is 18.0. The van der Waals surface area contributed by atoms with Gasteiger partial charge in [0.2, 0.25) is 5.89 Å². The second-order valence-corrected chi connectivity index (χ2v) is 14.6. The van der Waals surface area contributed by atoms with Gasteiger partial charge in [-0.05, 0) is 77.9 Å². The van der Waals surface area contributed by atoms with Crippen LogP contribution in [0.2, 0.25) is 0 Å². The van der Waals surface area contributed by atoms with Gasteiger partial charge in [0.25, 0.3) is 0 Å². The molecule has 0 N–H and O–H groups in total. The van der Waals surface area contributed by atoms with Crippen LogP contribution < -0.4 is 4.90 Å². The number of anilines is 3. The second-order valence-electron chi connectivity index (χ2n) is 13.5. The number of benzene rings is 8. The molecular formula is C49H30N2O2S. The minimum atomic E-state index is 0.633. The van der Waals surface area contributed by atoms with Crippen LogP contribution in [0.4, 0.5) is 17.1 Å². The number of thiophene rings is 1. The SMILES string of the molecule is c1ccc(-c2nc3c(cc(-c4ccc(N(c5ccccc5)c5ccc(-c6cccc7c6oc6ccccc67)cc5)cc4)c4sc5ccccc5c43)o2)cc1. The zero-order valence-electron chi connectivity index (χ0n) is 28.9. The molecule has 8 aromatic carbocycles. The quantitative estimate of drug-likeness (QED) is 0.172. The minimum Gasteiger partial charge on any atom is -0.455 e. The number of nitrogens with zero attached hydrogens (tertiary/aromatic N) is 2. The lowest BCUT2D eigenvalue weighted by molar-refractivity contribution is 0.620. The summed E-state index contributed by atoms with van der Waals surface area (Å²) in [4.78, 5) is 7.35. The summed E-state index contributed by atoms with van der Waals surface area (Å²) in [7, 11) is 0. The molecule has 4 nitrogen and oxygen atoms in total. The highest BCUT2D eigenvalue weighted by molar-refractivity contribution is 7.26. The predicted molar refractivity (Wildman–Crippen MR) is 225 cm³/mol. The van der Waals surface area contributed by atoms with Crippen LogP contribution in [-0.4, -0.2) is 4.98 Å². The molecule has 0 radical (unpaired) electrons. The van der Waals surface area contributed by atoms with Gasteiger partial charge >= 0.3 is 0 Å². The monoisotopic (exact) mass is 710 g/mol. The van der Waals surface area contributed by atoms with Crippen LogP contribution in [0.15, 0.2) is 191 Å². The maximum atomic E-state index is 6.48. The summed E-state index contributed by atoms with van der Waals surface area (Å²) in [5, 5.41) is 4.60. The first-order valence-corrected chi connectivity index (χ1v) is 18.8. The largest absolute Gasteiger partial charge is 0.455 e. The molecule has 0 fully saturated rings. The molecule has 0 unspecified atom stereocenters. The fourth-order valence-electron chi connectivity index (χ4n) is 7.77. The summed E-state index contributed by atoms with van der Waals surface area (Å²) >= 11 is 1.81. The zero-order chi connectivity index (χ0) is 35.6. The van der Waals surface area contributed by atoms with Crippen LogP contribution in [-0.2, 0) is 0 Å². The molecule has 54 heavy (non-hydrogen) atoms. The van der Waals surface area contributed by atoms with E-state index in [2.05, 4.69) is 144 Å². The smallest absolute Gasteiger partial charge is 0.227 e. The second kappa shape index (κ2) is 12.3. The molecule has 0 saturated carbocycles. The molecule has 11 aromatic rings. The first-order chi connectivity index (χ1) is 26.8. The van der Waals surface area contributed by atoms with Crippen molar-refractivity contribution in [3.8, 4) is 33.7 Å². The van der Waals surface area contributed by atoms with Crippen molar-refractivity contribution in [1.29, 1.82) is 0 Å². The minimum absolute atomic E-state index is 0.633. The van der Waals surface area contributed by atoms with Crippen LogP contribution in [0.5, 0.6) is 0 Å². The van der Waals surface area contributed by atoms with Gasteiger partial charge in [-0.15, -0.1) is 11.3 Å². The van der Waals surface area contributed by atoms with Gasteiger partial charge in [0.1, 0.15) is 16.7 Å². The maximum Gasteiger partial charge on any atom is 0.227 e. The van der Waals surface area contributed by atoms with E-state index in [-0.39, 0.29) is 0 Å². The topological polar surface area (TPSA) is 42.4 Å². The van der Waals surface area contributed by atoms with Crippen molar-refractivity contribution in [2.45, 2.75) is 0 Å². The molecule has 0 saturated heterocycles. The van der Waals surface area contributed by atoms with E-state index in [4.69, 9.17) is 13.8 Å². The standard InChI is InChI=1S/C49H30N2O2S/c1-3-12-33(13-4-1)49-50-46-43(53-49)30-41(48-45(46)40-17-8-10-21-44(40)54-48)32-24-28-36(29-25-32)51(34-14-5-2-6-15-34)35-26-22-31(23-27-35)37-18-11-19-39-38-16-7-9-20-42(38)52-47(37)39/h1-30H. The third-order valence-electron chi connectivity index (χ3n) is 10.3. The Labute approximate surface area is 314 Å². The van der Waals surface area contributed by atoms with E-state index in [0.717, 1.165) is 83.3 Å². The Morgan fingerprint density at radius 1 is 0.444 bits per heavy atom. The van der Waals surface area contributed by atoms with Crippen molar-refractivity contribution in [1.82, 2.24) is 4.98 Å². The normalized spacial score (nSPS) is 11.7. The summed E-state index contributed by atoms with van der Waals surface area (Å²) in [6.07, 6.45) is 0. The Morgan fingerprint density at radius 2 is 1.06 bits per heavy atom. The van der Waals surface area contributed by atoms with Gasteiger partial charge in [-0.2, -0.15) is 0 Å². The number of hydrogen-bond donors (Lipinski definition) is 0. The van der Waals surface area contributed by atoms with E-state index in [9.17, 15) is 0 Å². The lowest BCUT2D eigenvalue weighted by Crippen LogP contribution is -2.09. The maximum absolute atomic E-state index is 6.48. The van der Waals surface area contributed by atoms with E-state index in [1.165, 1.54) is 14.8 Å². The highest BCUT2D eigenvalue weighted by Crippen LogP contribution is 2.46. The number of rotatable bonds is 6. The van der Waals surface area contributed by atoms with Gasteiger partial charge in [0, 0.05) is 64.7 Å². The van der Waals surface area contributed by atoms with E-state index in [0.29, 0.717) is 5.89 Å². The number of para-hydroxylation sites is 3. The molecule has 0 aliphatic rings. The Kier molecular flexibility index (Phi) is 7.00. The van der Waals surface area contributed by atoms with Crippen LogP contribution in [0.25, 0.3) is 86.9 Å². The molecule has 254 valence electrons. The van der Waals surface area contributed by atoms with Gasteiger partial charge in [0.05, 0.1) is 0 Å².